The molecule has 0 spiro atoms. The van der Waals surface area contributed by atoms with E-state index >= 15 is 0 Å². The molecule has 0 bridgehead atoms. The molecule has 4 nitrogen and oxygen atoms in total. The molecule has 0 unspecified atom stereocenters. The summed E-state index contributed by atoms with van der Waals surface area (Å²) in [7, 11) is 0. The minimum atomic E-state index is -0.0594. The molecule has 1 aliphatic rings. The maximum absolute atomic E-state index is 5.89. The number of aromatic nitrogens is 2. The van der Waals surface area contributed by atoms with Crippen molar-refractivity contribution in [3.05, 3.63) is 11.7 Å². The molecule has 17 heavy (non-hydrogen) atoms. The second-order valence-corrected chi connectivity index (χ2v) is 5.86. The molecule has 0 radical (unpaired) electrons. The molecule has 1 fully saturated rings. The lowest BCUT2D eigenvalue weighted by Crippen LogP contribution is -2.32. The first-order valence-electron chi connectivity index (χ1n) is 6.03. The van der Waals surface area contributed by atoms with Crippen molar-refractivity contribution >= 4 is 12.4 Å². The molecule has 2 N–H and O–H groups in total. The molecule has 1 saturated carbocycles. The monoisotopic (exact) mass is 259 g/mol. The summed E-state index contributed by atoms with van der Waals surface area (Å²) in [4.78, 5) is 4.55. The van der Waals surface area contributed by atoms with Crippen LogP contribution >= 0.6 is 12.4 Å². The normalized spacial score (nSPS) is 19.1. The molecule has 1 aliphatic carbocycles. The van der Waals surface area contributed by atoms with Crippen LogP contribution in [0.3, 0.4) is 0 Å². The van der Waals surface area contributed by atoms with Crippen LogP contribution in [0.1, 0.15) is 58.2 Å². The summed E-state index contributed by atoms with van der Waals surface area (Å²) in [6.45, 7) is 6.88. The Morgan fingerprint density at radius 2 is 1.88 bits per heavy atom. The van der Waals surface area contributed by atoms with Gasteiger partial charge in [-0.25, -0.2) is 0 Å². The van der Waals surface area contributed by atoms with E-state index in [0.29, 0.717) is 6.54 Å². The van der Waals surface area contributed by atoms with Crippen molar-refractivity contribution in [1.82, 2.24) is 10.1 Å². The fraction of sp³-hybridized carbons (Fsp3) is 0.833. The van der Waals surface area contributed by atoms with E-state index in [1.807, 2.05) is 0 Å². The van der Waals surface area contributed by atoms with E-state index in [2.05, 4.69) is 30.9 Å². The van der Waals surface area contributed by atoms with Gasteiger partial charge in [0.15, 0.2) is 5.82 Å². The lowest BCUT2D eigenvalue weighted by molar-refractivity contribution is 0.281. The SMILES string of the molecule is CC(C)(C)c1noc(C2(CN)CCCC2)n1.Cl. The van der Waals surface area contributed by atoms with Crippen molar-refractivity contribution in [2.45, 2.75) is 57.3 Å². The van der Waals surface area contributed by atoms with Gasteiger partial charge < -0.3 is 10.3 Å². The first kappa shape index (κ1) is 14.5. The smallest absolute Gasteiger partial charge is 0.234 e. The minimum Gasteiger partial charge on any atom is -0.339 e. The van der Waals surface area contributed by atoms with Crippen LogP contribution in [0.2, 0.25) is 0 Å². The lowest BCUT2D eigenvalue weighted by Gasteiger charge is -2.21. The van der Waals surface area contributed by atoms with E-state index in [-0.39, 0.29) is 23.2 Å². The highest BCUT2D eigenvalue weighted by molar-refractivity contribution is 5.85. The average Bonchev–Trinajstić information content (AvgIpc) is 2.86. The molecule has 0 aromatic carbocycles. The van der Waals surface area contributed by atoms with E-state index in [0.717, 1.165) is 24.6 Å². The predicted molar refractivity (Wildman–Crippen MR) is 69.4 cm³/mol. The van der Waals surface area contributed by atoms with E-state index in [4.69, 9.17) is 10.3 Å². The zero-order chi connectivity index (χ0) is 11.8. The van der Waals surface area contributed by atoms with Gasteiger partial charge in [-0.3, -0.25) is 0 Å². The van der Waals surface area contributed by atoms with Gasteiger partial charge in [-0.2, -0.15) is 4.98 Å². The van der Waals surface area contributed by atoms with Gasteiger partial charge in [-0.1, -0.05) is 38.8 Å². The molecule has 0 amide bonds. The fourth-order valence-electron chi connectivity index (χ4n) is 2.30. The zero-order valence-corrected chi connectivity index (χ0v) is 11.6. The third kappa shape index (κ3) is 2.63. The fourth-order valence-corrected chi connectivity index (χ4v) is 2.30. The average molecular weight is 260 g/mol. The maximum Gasteiger partial charge on any atom is 0.234 e. The highest BCUT2D eigenvalue weighted by atomic mass is 35.5. The summed E-state index contributed by atoms with van der Waals surface area (Å²) in [5, 5.41) is 4.08. The summed E-state index contributed by atoms with van der Waals surface area (Å²) < 4.78 is 5.43. The first-order valence-corrected chi connectivity index (χ1v) is 6.03. The van der Waals surface area contributed by atoms with Crippen LogP contribution in [-0.4, -0.2) is 16.7 Å². The van der Waals surface area contributed by atoms with Gasteiger partial charge in [-0.15, -0.1) is 12.4 Å². The van der Waals surface area contributed by atoms with Crippen LogP contribution in [0.4, 0.5) is 0 Å². The lowest BCUT2D eigenvalue weighted by atomic mass is 9.86. The first-order chi connectivity index (χ1) is 7.48. The molecule has 98 valence electrons. The van der Waals surface area contributed by atoms with E-state index in [9.17, 15) is 0 Å². The molecule has 1 aromatic heterocycles. The Kier molecular flexibility index (Phi) is 4.20. The molecule has 0 atom stereocenters. The van der Waals surface area contributed by atoms with Gasteiger partial charge in [0.25, 0.3) is 0 Å². The number of halogens is 1. The molecule has 0 aliphatic heterocycles. The van der Waals surface area contributed by atoms with Gasteiger partial charge in [0, 0.05) is 12.0 Å². The van der Waals surface area contributed by atoms with Crippen molar-refractivity contribution in [3.63, 3.8) is 0 Å². The molecule has 1 heterocycles. The Labute approximate surface area is 109 Å². The van der Waals surface area contributed by atoms with Crippen molar-refractivity contribution in [3.8, 4) is 0 Å². The Morgan fingerprint density at radius 1 is 1.29 bits per heavy atom. The third-order valence-corrected chi connectivity index (χ3v) is 3.50. The Morgan fingerprint density at radius 3 is 2.29 bits per heavy atom. The number of nitrogens with zero attached hydrogens (tertiary/aromatic N) is 2. The molecule has 0 saturated heterocycles. The topological polar surface area (TPSA) is 64.9 Å². The van der Waals surface area contributed by atoms with Crippen molar-refractivity contribution < 1.29 is 4.52 Å². The highest BCUT2D eigenvalue weighted by Crippen LogP contribution is 2.39. The third-order valence-electron chi connectivity index (χ3n) is 3.50. The summed E-state index contributed by atoms with van der Waals surface area (Å²) in [6, 6.07) is 0. The second kappa shape index (κ2) is 4.94. The van der Waals surface area contributed by atoms with Crippen LogP contribution in [0.5, 0.6) is 0 Å². The highest BCUT2D eigenvalue weighted by Gasteiger charge is 2.40. The van der Waals surface area contributed by atoms with E-state index in [1.54, 1.807) is 0 Å². The summed E-state index contributed by atoms with van der Waals surface area (Å²) in [5.74, 6) is 1.53. The van der Waals surface area contributed by atoms with Gasteiger partial charge in [0.2, 0.25) is 5.89 Å². The molecule has 2 rings (SSSR count). The number of hydrogen-bond acceptors (Lipinski definition) is 4. The summed E-state index contributed by atoms with van der Waals surface area (Å²) in [5.41, 5.74) is 5.79. The minimum absolute atomic E-state index is 0. The molecule has 5 heteroatoms. The van der Waals surface area contributed by atoms with Gasteiger partial charge >= 0.3 is 0 Å². The largest absolute Gasteiger partial charge is 0.339 e. The van der Waals surface area contributed by atoms with Gasteiger partial charge in [0.1, 0.15) is 0 Å². The second-order valence-electron chi connectivity index (χ2n) is 5.86. The van der Waals surface area contributed by atoms with Crippen LogP contribution < -0.4 is 5.73 Å². The predicted octanol–water partition coefficient (Wildman–Crippen LogP) is 2.56. The quantitative estimate of drug-likeness (QED) is 0.887. The Balaban J connectivity index is 0.00000144. The maximum atomic E-state index is 5.89. The van der Waals surface area contributed by atoms with Crippen LogP contribution in [0, 0.1) is 0 Å². The van der Waals surface area contributed by atoms with Crippen LogP contribution in [0.15, 0.2) is 4.52 Å². The van der Waals surface area contributed by atoms with Crippen molar-refractivity contribution in [2.24, 2.45) is 5.73 Å². The Hall–Kier alpha value is -0.610. The Bertz CT molecular complexity index is 364. The van der Waals surface area contributed by atoms with Gasteiger partial charge in [0.05, 0.1) is 5.41 Å². The van der Waals surface area contributed by atoms with Crippen molar-refractivity contribution in [2.75, 3.05) is 6.54 Å². The van der Waals surface area contributed by atoms with E-state index in [1.165, 1.54) is 12.8 Å². The van der Waals surface area contributed by atoms with Crippen molar-refractivity contribution in [1.29, 1.82) is 0 Å². The molecular weight excluding hydrogens is 238 g/mol. The number of hydrogen-bond donors (Lipinski definition) is 1. The summed E-state index contributed by atoms with van der Waals surface area (Å²) >= 11 is 0. The zero-order valence-electron chi connectivity index (χ0n) is 10.8. The number of nitrogens with two attached hydrogens (primary N) is 1. The van der Waals surface area contributed by atoms with E-state index < -0.39 is 0 Å². The van der Waals surface area contributed by atoms with Gasteiger partial charge in [-0.05, 0) is 12.8 Å². The van der Waals surface area contributed by atoms with Crippen LogP contribution in [-0.2, 0) is 10.8 Å². The number of rotatable bonds is 2. The standard InChI is InChI=1S/C12H21N3O.ClH/c1-11(2,3)9-14-10(16-15-9)12(8-13)6-4-5-7-12;/h4-8,13H2,1-3H3;1H. The summed E-state index contributed by atoms with van der Waals surface area (Å²) in [6.07, 6.45) is 4.58. The molecule has 1 aromatic rings. The molecular formula is C12H22ClN3O. The van der Waals surface area contributed by atoms with Crippen LogP contribution in [0.25, 0.3) is 0 Å².